The van der Waals surface area contributed by atoms with E-state index in [2.05, 4.69) is 45.0 Å². The first-order valence-corrected chi connectivity index (χ1v) is 6.30. The molecule has 88 valence electrons. The van der Waals surface area contributed by atoms with Crippen LogP contribution in [0.3, 0.4) is 0 Å². The Bertz CT molecular complexity index is 331. The fourth-order valence-corrected chi connectivity index (χ4v) is 2.38. The van der Waals surface area contributed by atoms with Crippen molar-refractivity contribution in [3.8, 4) is 0 Å². The van der Waals surface area contributed by atoms with Gasteiger partial charge < -0.3 is 4.74 Å². The van der Waals surface area contributed by atoms with Gasteiger partial charge in [-0.3, -0.25) is 0 Å². The van der Waals surface area contributed by atoms with Crippen LogP contribution < -0.4 is 0 Å². The number of rotatable bonds is 2. The molecule has 0 bridgehead atoms. The van der Waals surface area contributed by atoms with Crippen molar-refractivity contribution in [1.29, 1.82) is 0 Å². The quantitative estimate of drug-likeness (QED) is 0.732. The summed E-state index contributed by atoms with van der Waals surface area (Å²) in [6.07, 6.45) is 2.29. The zero-order valence-corrected chi connectivity index (χ0v) is 10.6. The van der Waals surface area contributed by atoms with E-state index in [1.165, 1.54) is 11.1 Å². The number of benzene rings is 1. The fraction of sp³-hybridized carbons (Fsp3) is 0.600. The molecule has 0 aliphatic carbocycles. The Hall–Kier alpha value is -0.820. The average molecular weight is 218 g/mol. The van der Waals surface area contributed by atoms with Crippen LogP contribution in [0.2, 0.25) is 0 Å². The van der Waals surface area contributed by atoms with Crippen LogP contribution in [0.25, 0.3) is 0 Å². The van der Waals surface area contributed by atoms with Crippen LogP contribution in [0, 0.1) is 0 Å². The molecule has 1 aliphatic heterocycles. The fourth-order valence-electron chi connectivity index (χ4n) is 2.38. The Morgan fingerprint density at radius 1 is 1.06 bits per heavy atom. The zero-order valence-electron chi connectivity index (χ0n) is 10.6. The molecule has 0 unspecified atom stereocenters. The minimum atomic E-state index is 0.327. The lowest BCUT2D eigenvalue weighted by Crippen LogP contribution is -2.30. The first-order valence-electron chi connectivity index (χ1n) is 6.30. The molecule has 0 spiro atoms. The van der Waals surface area contributed by atoms with Crippen LogP contribution in [0.5, 0.6) is 0 Å². The van der Waals surface area contributed by atoms with E-state index in [9.17, 15) is 0 Å². The van der Waals surface area contributed by atoms with Crippen LogP contribution in [-0.2, 0) is 10.2 Å². The molecule has 1 fully saturated rings. The second kappa shape index (κ2) is 4.58. The molecule has 16 heavy (non-hydrogen) atoms. The summed E-state index contributed by atoms with van der Waals surface area (Å²) in [6, 6.07) is 9.17. The van der Waals surface area contributed by atoms with E-state index in [0.717, 1.165) is 26.1 Å². The van der Waals surface area contributed by atoms with Gasteiger partial charge in [-0.2, -0.15) is 0 Å². The van der Waals surface area contributed by atoms with Crippen molar-refractivity contribution in [2.75, 3.05) is 13.2 Å². The van der Waals surface area contributed by atoms with Crippen molar-refractivity contribution >= 4 is 0 Å². The third kappa shape index (κ3) is 2.30. The summed E-state index contributed by atoms with van der Waals surface area (Å²) in [4.78, 5) is 0. The van der Waals surface area contributed by atoms with E-state index in [1.54, 1.807) is 0 Å². The summed E-state index contributed by atoms with van der Waals surface area (Å²) < 4.78 is 5.45. The highest BCUT2D eigenvalue weighted by molar-refractivity contribution is 5.30. The van der Waals surface area contributed by atoms with Gasteiger partial charge in [0.2, 0.25) is 0 Å². The summed E-state index contributed by atoms with van der Waals surface area (Å²) in [5, 5.41) is 0. The molecule has 0 aromatic heterocycles. The van der Waals surface area contributed by atoms with Gasteiger partial charge >= 0.3 is 0 Å². The van der Waals surface area contributed by atoms with Gasteiger partial charge in [-0.1, -0.05) is 45.0 Å². The molecule has 1 nitrogen and oxygen atoms in total. The zero-order chi connectivity index (χ0) is 11.6. The van der Waals surface area contributed by atoms with E-state index in [-0.39, 0.29) is 0 Å². The average Bonchev–Trinajstić information content (AvgIpc) is 2.30. The van der Waals surface area contributed by atoms with E-state index >= 15 is 0 Å². The van der Waals surface area contributed by atoms with Crippen molar-refractivity contribution in [3.63, 3.8) is 0 Å². The highest BCUT2D eigenvalue weighted by Crippen LogP contribution is 2.34. The number of hydrogen-bond donors (Lipinski definition) is 0. The summed E-state index contributed by atoms with van der Waals surface area (Å²) in [7, 11) is 0. The van der Waals surface area contributed by atoms with Crippen LogP contribution >= 0.6 is 0 Å². The Morgan fingerprint density at radius 2 is 1.62 bits per heavy atom. The van der Waals surface area contributed by atoms with E-state index in [1.807, 2.05) is 0 Å². The largest absolute Gasteiger partial charge is 0.381 e. The van der Waals surface area contributed by atoms with Crippen molar-refractivity contribution in [1.82, 2.24) is 0 Å². The third-order valence-corrected chi connectivity index (χ3v) is 3.87. The molecular weight excluding hydrogens is 196 g/mol. The van der Waals surface area contributed by atoms with Crippen LogP contribution in [0.15, 0.2) is 24.3 Å². The highest BCUT2D eigenvalue weighted by atomic mass is 16.5. The van der Waals surface area contributed by atoms with Gasteiger partial charge in [0.05, 0.1) is 0 Å². The molecule has 0 radical (unpaired) electrons. The third-order valence-electron chi connectivity index (χ3n) is 3.87. The second-order valence-electron chi connectivity index (χ2n) is 5.45. The molecule has 1 aromatic rings. The van der Waals surface area contributed by atoms with Gasteiger partial charge in [0.1, 0.15) is 0 Å². The minimum Gasteiger partial charge on any atom is -0.381 e. The van der Waals surface area contributed by atoms with Crippen molar-refractivity contribution in [2.24, 2.45) is 0 Å². The van der Waals surface area contributed by atoms with E-state index in [4.69, 9.17) is 4.74 Å². The lowest BCUT2D eigenvalue weighted by Gasteiger charge is -2.34. The molecule has 0 N–H and O–H groups in total. The second-order valence-corrected chi connectivity index (χ2v) is 5.45. The van der Waals surface area contributed by atoms with Gasteiger partial charge in [0, 0.05) is 13.2 Å². The molecule has 1 heterocycles. The molecule has 0 atom stereocenters. The topological polar surface area (TPSA) is 9.23 Å². The lowest BCUT2D eigenvalue weighted by molar-refractivity contribution is 0.0564. The Balaban J connectivity index is 2.20. The molecule has 2 rings (SSSR count). The maximum absolute atomic E-state index is 5.45. The van der Waals surface area contributed by atoms with Crippen LogP contribution in [0.4, 0.5) is 0 Å². The first-order chi connectivity index (χ1) is 7.62. The molecule has 1 heteroatoms. The molecule has 1 saturated heterocycles. The smallest absolute Gasteiger partial charge is 0.0474 e. The predicted octanol–water partition coefficient (Wildman–Crippen LogP) is 3.88. The summed E-state index contributed by atoms with van der Waals surface area (Å²) in [5.41, 5.74) is 3.23. The minimum absolute atomic E-state index is 0.327. The monoisotopic (exact) mass is 218 g/mol. The van der Waals surface area contributed by atoms with Crippen molar-refractivity contribution in [2.45, 2.75) is 44.9 Å². The number of ether oxygens (including phenoxy) is 1. The lowest BCUT2D eigenvalue weighted by atomic mass is 9.76. The van der Waals surface area contributed by atoms with Gasteiger partial charge in [-0.05, 0) is 35.3 Å². The van der Waals surface area contributed by atoms with Crippen molar-refractivity contribution in [3.05, 3.63) is 35.4 Å². The van der Waals surface area contributed by atoms with Crippen LogP contribution in [0.1, 0.15) is 50.7 Å². The Kier molecular flexibility index (Phi) is 3.34. The first kappa shape index (κ1) is 11.7. The highest BCUT2D eigenvalue weighted by Gasteiger charge is 2.28. The van der Waals surface area contributed by atoms with E-state index < -0.39 is 0 Å². The molecular formula is C15H22O. The predicted molar refractivity (Wildman–Crippen MR) is 67.9 cm³/mol. The molecule has 0 saturated carbocycles. The van der Waals surface area contributed by atoms with Crippen LogP contribution in [-0.4, -0.2) is 13.2 Å². The van der Waals surface area contributed by atoms with E-state index in [0.29, 0.717) is 11.3 Å². The molecule has 0 amide bonds. The molecule has 1 aromatic carbocycles. The Labute approximate surface area is 98.8 Å². The Morgan fingerprint density at radius 3 is 2.12 bits per heavy atom. The normalized spacial score (nSPS) is 20.0. The van der Waals surface area contributed by atoms with Gasteiger partial charge in [-0.15, -0.1) is 0 Å². The van der Waals surface area contributed by atoms with Gasteiger partial charge in [0.25, 0.3) is 0 Å². The van der Waals surface area contributed by atoms with Gasteiger partial charge in [0.15, 0.2) is 0 Å². The number of hydrogen-bond acceptors (Lipinski definition) is 1. The maximum atomic E-state index is 5.45. The summed E-state index contributed by atoms with van der Waals surface area (Å²) in [6.45, 7) is 8.65. The standard InChI is InChI=1S/C15H22O/c1-12(2)13-4-6-14(7-5-13)15(3)8-10-16-11-9-15/h4-7,12H,8-11H2,1-3H3. The SMILES string of the molecule is CC(C)c1ccc(C2(C)CCOCC2)cc1. The molecule has 1 aliphatic rings. The van der Waals surface area contributed by atoms with Crippen molar-refractivity contribution < 1.29 is 4.74 Å². The van der Waals surface area contributed by atoms with Gasteiger partial charge in [-0.25, -0.2) is 0 Å². The summed E-state index contributed by atoms with van der Waals surface area (Å²) >= 11 is 0. The summed E-state index contributed by atoms with van der Waals surface area (Å²) in [5.74, 6) is 0.622. The maximum Gasteiger partial charge on any atom is 0.0474 e.